The Morgan fingerprint density at radius 2 is 1.76 bits per heavy atom. The molecule has 0 amide bonds. The van der Waals surface area contributed by atoms with Crippen LogP contribution in [0.1, 0.15) is 21.5 Å². The van der Waals surface area contributed by atoms with Crippen LogP contribution < -0.4 is 20.2 Å². The van der Waals surface area contributed by atoms with Crippen molar-refractivity contribution in [2.75, 3.05) is 12.4 Å². The summed E-state index contributed by atoms with van der Waals surface area (Å²) in [7, 11) is 1.61. The van der Waals surface area contributed by atoms with Gasteiger partial charge in [0.2, 0.25) is 0 Å². The van der Waals surface area contributed by atoms with Crippen molar-refractivity contribution >= 4 is 46.0 Å². The second-order valence-corrected chi connectivity index (χ2v) is 7.92. The third kappa shape index (κ3) is 5.57. The van der Waals surface area contributed by atoms with Crippen molar-refractivity contribution in [3.63, 3.8) is 0 Å². The molecule has 0 unspecified atom stereocenters. The van der Waals surface area contributed by atoms with Gasteiger partial charge in [0.25, 0.3) is 0 Å². The zero-order valence-electron chi connectivity index (χ0n) is 18.7. The van der Waals surface area contributed by atoms with E-state index in [0.717, 1.165) is 27.8 Å². The standard InChI is InChI=1S/C27H23N3O3S/c1-18-6-5-8-20(16-18)26(31)33-25-15-10-19-7-3-4-9-23(19)24(25)17-28-30-27(34)29-21-11-13-22(32-2)14-12-21/h3-17H,1-2H3,(H2,29,30,34). The van der Waals surface area contributed by atoms with Crippen molar-refractivity contribution in [1.82, 2.24) is 5.43 Å². The molecule has 0 aliphatic heterocycles. The molecule has 0 saturated heterocycles. The second kappa shape index (κ2) is 10.6. The molecule has 0 fully saturated rings. The fourth-order valence-electron chi connectivity index (χ4n) is 3.42. The van der Waals surface area contributed by atoms with Crippen LogP contribution in [-0.2, 0) is 0 Å². The van der Waals surface area contributed by atoms with Gasteiger partial charge in [-0.3, -0.25) is 5.43 Å². The number of nitrogens with one attached hydrogen (secondary N) is 2. The number of carbonyl (C=O) groups excluding carboxylic acids is 1. The number of hydrogen-bond acceptors (Lipinski definition) is 5. The normalized spacial score (nSPS) is 10.8. The van der Waals surface area contributed by atoms with Crippen molar-refractivity contribution in [3.8, 4) is 11.5 Å². The minimum absolute atomic E-state index is 0.319. The van der Waals surface area contributed by atoms with Crippen LogP contribution in [0, 0.1) is 6.92 Å². The van der Waals surface area contributed by atoms with Gasteiger partial charge in [0.1, 0.15) is 11.5 Å². The predicted octanol–water partition coefficient (Wildman–Crippen LogP) is 5.70. The fourth-order valence-corrected chi connectivity index (χ4v) is 3.59. The Hall–Kier alpha value is -4.23. The summed E-state index contributed by atoms with van der Waals surface area (Å²) in [5.74, 6) is 0.731. The molecule has 0 saturated carbocycles. The number of methoxy groups -OCH3 is 1. The fraction of sp³-hybridized carbons (Fsp3) is 0.0741. The number of hydrazone groups is 1. The zero-order chi connectivity index (χ0) is 23.9. The number of esters is 1. The van der Waals surface area contributed by atoms with Gasteiger partial charge in [-0.25, -0.2) is 4.79 Å². The Morgan fingerprint density at radius 3 is 2.53 bits per heavy atom. The van der Waals surface area contributed by atoms with E-state index in [0.29, 0.717) is 22.0 Å². The summed E-state index contributed by atoms with van der Waals surface area (Å²) in [5, 5.41) is 9.56. The molecule has 0 aliphatic rings. The van der Waals surface area contributed by atoms with Crippen molar-refractivity contribution < 1.29 is 14.3 Å². The van der Waals surface area contributed by atoms with Gasteiger partial charge in [0, 0.05) is 11.3 Å². The maximum Gasteiger partial charge on any atom is 0.343 e. The maximum atomic E-state index is 12.8. The van der Waals surface area contributed by atoms with E-state index < -0.39 is 5.97 Å². The summed E-state index contributed by atoms with van der Waals surface area (Å²) in [6.07, 6.45) is 1.60. The molecule has 170 valence electrons. The van der Waals surface area contributed by atoms with Crippen molar-refractivity contribution in [2.45, 2.75) is 6.92 Å². The number of benzene rings is 4. The highest BCUT2D eigenvalue weighted by molar-refractivity contribution is 7.80. The third-order valence-electron chi connectivity index (χ3n) is 5.09. The van der Waals surface area contributed by atoms with E-state index >= 15 is 0 Å². The van der Waals surface area contributed by atoms with Gasteiger partial charge in [-0.1, -0.05) is 48.0 Å². The summed E-state index contributed by atoms with van der Waals surface area (Å²) < 4.78 is 10.9. The van der Waals surface area contributed by atoms with Gasteiger partial charge in [0.15, 0.2) is 5.11 Å². The van der Waals surface area contributed by atoms with E-state index in [1.807, 2.05) is 73.7 Å². The Morgan fingerprint density at radius 1 is 0.971 bits per heavy atom. The zero-order valence-corrected chi connectivity index (χ0v) is 19.6. The molecule has 0 aromatic heterocycles. The Kier molecular flexibility index (Phi) is 7.15. The number of thiocarbonyl (C=S) groups is 1. The average molecular weight is 470 g/mol. The van der Waals surface area contributed by atoms with E-state index in [4.69, 9.17) is 21.7 Å². The SMILES string of the molecule is COc1ccc(NC(=S)NN=Cc2c(OC(=O)c3cccc(C)c3)ccc3ccccc23)cc1. The summed E-state index contributed by atoms with van der Waals surface area (Å²) >= 11 is 5.33. The number of fused-ring (bicyclic) bond motifs is 1. The molecule has 34 heavy (non-hydrogen) atoms. The van der Waals surface area contributed by atoms with E-state index in [-0.39, 0.29) is 0 Å². The van der Waals surface area contributed by atoms with Crippen LogP contribution in [0.3, 0.4) is 0 Å². The molecular formula is C27H23N3O3S. The van der Waals surface area contributed by atoms with Gasteiger partial charge in [-0.2, -0.15) is 5.10 Å². The summed E-state index contributed by atoms with van der Waals surface area (Å²) in [5.41, 5.74) is 5.74. The molecule has 6 nitrogen and oxygen atoms in total. The largest absolute Gasteiger partial charge is 0.497 e. The molecule has 4 aromatic rings. The predicted molar refractivity (Wildman–Crippen MR) is 140 cm³/mol. The maximum absolute atomic E-state index is 12.8. The number of nitrogens with zero attached hydrogens (tertiary/aromatic N) is 1. The first kappa shape index (κ1) is 22.9. The van der Waals surface area contributed by atoms with Crippen LogP contribution in [-0.4, -0.2) is 24.4 Å². The van der Waals surface area contributed by atoms with Gasteiger partial charge in [-0.15, -0.1) is 0 Å². The van der Waals surface area contributed by atoms with Crippen LogP contribution in [0.15, 0.2) is 90.0 Å². The molecule has 0 bridgehead atoms. The summed E-state index contributed by atoms with van der Waals surface area (Å²) in [4.78, 5) is 12.8. The lowest BCUT2D eigenvalue weighted by Crippen LogP contribution is -2.23. The monoisotopic (exact) mass is 469 g/mol. The Balaban J connectivity index is 1.54. The van der Waals surface area contributed by atoms with Crippen LogP contribution >= 0.6 is 12.2 Å². The number of aryl methyl sites for hydroxylation is 1. The number of anilines is 1. The molecule has 0 spiro atoms. The molecular weight excluding hydrogens is 446 g/mol. The van der Waals surface area contributed by atoms with Crippen LogP contribution in [0.5, 0.6) is 11.5 Å². The van der Waals surface area contributed by atoms with Crippen molar-refractivity contribution in [1.29, 1.82) is 0 Å². The quantitative estimate of drug-likeness (QED) is 0.124. The molecule has 0 heterocycles. The van der Waals surface area contributed by atoms with E-state index in [1.54, 1.807) is 31.5 Å². The lowest BCUT2D eigenvalue weighted by atomic mass is 10.0. The molecule has 0 aliphatic carbocycles. The number of rotatable bonds is 6. The minimum Gasteiger partial charge on any atom is -0.497 e. The van der Waals surface area contributed by atoms with Crippen LogP contribution in [0.4, 0.5) is 5.69 Å². The molecule has 4 aromatic carbocycles. The van der Waals surface area contributed by atoms with E-state index in [1.165, 1.54) is 0 Å². The van der Waals surface area contributed by atoms with Gasteiger partial charge in [0.05, 0.1) is 18.9 Å². The van der Waals surface area contributed by atoms with Crippen molar-refractivity contribution in [3.05, 3.63) is 102 Å². The molecule has 4 rings (SSSR count). The highest BCUT2D eigenvalue weighted by Gasteiger charge is 2.13. The van der Waals surface area contributed by atoms with Gasteiger partial charge < -0.3 is 14.8 Å². The third-order valence-corrected chi connectivity index (χ3v) is 5.29. The number of ether oxygens (including phenoxy) is 2. The molecule has 7 heteroatoms. The number of carbonyl (C=O) groups is 1. The van der Waals surface area contributed by atoms with E-state index in [9.17, 15) is 4.79 Å². The first-order valence-corrected chi connectivity index (χ1v) is 11.0. The Labute approximate surface area is 203 Å². The van der Waals surface area contributed by atoms with Gasteiger partial charge in [-0.05, 0) is 72.4 Å². The molecule has 0 radical (unpaired) electrons. The average Bonchev–Trinajstić information content (AvgIpc) is 2.85. The lowest BCUT2D eigenvalue weighted by Gasteiger charge is -2.11. The summed E-state index contributed by atoms with van der Waals surface area (Å²) in [6.45, 7) is 1.93. The van der Waals surface area contributed by atoms with Gasteiger partial charge >= 0.3 is 5.97 Å². The topological polar surface area (TPSA) is 71.9 Å². The van der Waals surface area contributed by atoms with Crippen LogP contribution in [0.2, 0.25) is 0 Å². The minimum atomic E-state index is -0.432. The highest BCUT2D eigenvalue weighted by Crippen LogP contribution is 2.27. The van der Waals surface area contributed by atoms with E-state index in [2.05, 4.69) is 15.8 Å². The highest BCUT2D eigenvalue weighted by atomic mass is 32.1. The first-order valence-electron chi connectivity index (χ1n) is 10.6. The molecule has 2 N–H and O–H groups in total. The second-order valence-electron chi connectivity index (χ2n) is 7.51. The van der Waals surface area contributed by atoms with Crippen LogP contribution in [0.25, 0.3) is 10.8 Å². The molecule has 0 atom stereocenters. The smallest absolute Gasteiger partial charge is 0.343 e. The van der Waals surface area contributed by atoms with Crippen molar-refractivity contribution in [2.24, 2.45) is 5.10 Å². The lowest BCUT2D eigenvalue weighted by molar-refractivity contribution is 0.0734. The first-order chi connectivity index (χ1) is 16.5. The number of hydrogen-bond donors (Lipinski definition) is 2. The Bertz CT molecular complexity index is 1370. The summed E-state index contributed by atoms with van der Waals surface area (Å²) in [6, 6.07) is 26.2.